The molecule has 49 heavy (non-hydrogen) atoms. The van der Waals surface area contributed by atoms with Crippen molar-refractivity contribution in [2.45, 2.75) is 76.6 Å². The Kier molecular flexibility index (Phi) is 8.85. The van der Waals surface area contributed by atoms with Crippen molar-refractivity contribution in [2.75, 3.05) is 43.0 Å². The van der Waals surface area contributed by atoms with Crippen LogP contribution in [0.25, 0.3) is 32.2 Å². The summed E-state index contributed by atoms with van der Waals surface area (Å²) < 4.78 is 58.1. The first-order chi connectivity index (χ1) is 23.3. The standard InChI is InChI=1S/C34H36ClF3N6O4S/c1-33(2,3)48-32(46)42-31-40-27-20(8-9-23(37)28(27)49-31)24-22(35)13-21-26(25(24)38)39-30(41-29(21)43-11-5-4-7-19(45)16-43)47-17-34-10-6-12-44(34)15-18(36)14-34/h8-9,13,18H,4-7,10-12,14-17H2,1-3H3,(H,40,42,46)/t18-,34+/m1/s1. The third-order valence-electron chi connectivity index (χ3n) is 9.25. The Balaban J connectivity index is 1.33. The number of hydrogen-bond acceptors (Lipinski definition) is 10. The highest BCUT2D eigenvalue weighted by Gasteiger charge is 2.49. The van der Waals surface area contributed by atoms with Crippen LogP contribution in [0.2, 0.25) is 5.02 Å². The lowest BCUT2D eigenvalue weighted by Gasteiger charge is -2.31. The number of nitrogens with one attached hydrogen (secondary N) is 1. The minimum Gasteiger partial charge on any atom is -0.461 e. The van der Waals surface area contributed by atoms with Gasteiger partial charge in [-0.15, -0.1) is 0 Å². The minimum atomic E-state index is -0.958. The second-order valence-electron chi connectivity index (χ2n) is 14.0. The van der Waals surface area contributed by atoms with Crippen molar-refractivity contribution in [3.63, 3.8) is 0 Å². The quantitative estimate of drug-likeness (QED) is 0.215. The number of thiazole rings is 1. The van der Waals surface area contributed by atoms with E-state index >= 15 is 8.78 Å². The van der Waals surface area contributed by atoms with Gasteiger partial charge >= 0.3 is 12.1 Å². The average Bonchev–Trinajstić information content (AvgIpc) is 3.65. The molecule has 15 heteroatoms. The van der Waals surface area contributed by atoms with E-state index in [9.17, 15) is 14.0 Å². The van der Waals surface area contributed by atoms with E-state index < -0.39 is 35.0 Å². The first kappa shape index (κ1) is 33.7. The highest BCUT2D eigenvalue weighted by atomic mass is 35.5. The molecule has 10 nitrogen and oxygen atoms in total. The van der Waals surface area contributed by atoms with Gasteiger partial charge in [0.15, 0.2) is 16.7 Å². The van der Waals surface area contributed by atoms with Gasteiger partial charge in [-0.05, 0) is 71.2 Å². The van der Waals surface area contributed by atoms with E-state index in [4.69, 9.17) is 21.1 Å². The molecule has 2 aromatic carbocycles. The summed E-state index contributed by atoms with van der Waals surface area (Å²) >= 11 is 7.69. The number of rotatable bonds is 6. The number of carbonyl (C=O) groups excluding carboxylic acids is 2. The summed E-state index contributed by atoms with van der Waals surface area (Å²) in [6, 6.07) is 3.99. The molecular formula is C34H36ClF3N6O4S. The summed E-state index contributed by atoms with van der Waals surface area (Å²) in [4.78, 5) is 42.6. The predicted octanol–water partition coefficient (Wildman–Crippen LogP) is 7.70. The highest BCUT2D eigenvalue weighted by molar-refractivity contribution is 7.22. The number of carbonyl (C=O) groups is 2. The van der Waals surface area contributed by atoms with Gasteiger partial charge in [0.2, 0.25) is 0 Å². The Morgan fingerprint density at radius 3 is 2.76 bits per heavy atom. The molecule has 4 aromatic rings. The van der Waals surface area contributed by atoms with E-state index in [1.807, 2.05) is 0 Å². The third kappa shape index (κ3) is 6.62. The largest absolute Gasteiger partial charge is 0.461 e. The molecule has 5 heterocycles. The lowest BCUT2D eigenvalue weighted by atomic mass is 9.95. The second-order valence-corrected chi connectivity index (χ2v) is 15.4. The van der Waals surface area contributed by atoms with Gasteiger partial charge < -0.3 is 14.4 Å². The van der Waals surface area contributed by atoms with Crippen LogP contribution in [-0.4, -0.2) is 81.8 Å². The molecule has 2 aromatic heterocycles. The van der Waals surface area contributed by atoms with Crippen LogP contribution in [0.3, 0.4) is 0 Å². The molecule has 3 saturated heterocycles. The summed E-state index contributed by atoms with van der Waals surface area (Å²) in [6.07, 6.45) is 2.18. The van der Waals surface area contributed by atoms with Crippen molar-refractivity contribution < 1.29 is 32.2 Å². The molecule has 0 saturated carbocycles. The lowest BCUT2D eigenvalue weighted by molar-refractivity contribution is -0.117. The molecule has 1 N–H and O–H groups in total. The fourth-order valence-corrected chi connectivity index (χ4v) is 8.33. The van der Waals surface area contributed by atoms with Crippen molar-refractivity contribution in [2.24, 2.45) is 0 Å². The third-order valence-corrected chi connectivity index (χ3v) is 10.5. The van der Waals surface area contributed by atoms with Crippen molar-refractivity contribution in [3.05, 3.63) is 34.9 Å². The Morgan fingerprint density at radius 1 is 1.14 bits per heavy atom. The Bertz CT molecular complexity index is 1970. The zero-order valence-corrected chi connectivity index (χ0v) is 28.9. The fraction of sp³-hybridized carbons (Fsp3) is 0.500. The number of hydrogen-bond donors (Lipinski definition) is 1. The van der Waals surface area contributed by atoms with Gasteiger partial charge in [0.25, 0.3) is 0 Å². The average molecular weight is 717 g/mol. The molecular weight excluding hydrogens is 681 g/mol. The number of amides is 1. The normalized spacial score (nSPS) is 21.7. The molecule has 7 rings (SSSR count). The number of Topliss-reactive ketones (excluding diaryl/α,β-unsaturated/α-hetero) is 1. The molecule has 3 aliphatic rings. The van der Waals surface area contributed by atoms with Crippen molar-refractivity contribution in [3.8, 4) is 17.1 Å². The van der Waals surface area contributed by atoms with Gasteiger partial charge in [-0.1, -0.05) is 22.9 Å². The van der Waals surface area contributed by atoms with Crippen molar-refractivity contribution >= 4 is 66.9 Å². The van der Waals surface area contributed by atoms with Crippen LogP contribution in [0.1, 0.15) is 59.3 Å². The number of aromatic nitrogens is 3. The van der Waals surface area contributed by atoms with Gasteiger partial charge in [0, 0.05) is 42.4 Å². The molecule has 2 atom stereocenters. The number of halogens is 4. The number of benzene rings is 2. The lowest BCUT2D eigenvalue weighted by Crippen LogP contribution is -2.43. The minimum absolute atomic E-state index is 0.00680. The maximum absolute atomic E-state index is 17.0. The van der Waals surface area contributed by atoms with Crippen LogP contribution in [-0.2, 0) is 9.53 Å². The van der Waals surface area contributed by atoms with Crippen molar-refractivity contribution in [1.82, 2.24) is 19.9 Å². The number of alkyl halides is 1. The molecule has 3 aliphatic heterocycles. The smallest absolute Gasteiger partial charge is 0.413 e. The maximum atomic E-state index is 17.0. The van der Waals surface area contributed by atoms with Crippen molar-refractivity contribution in [1.29, 1.82) is 0 Å². The maximum Gasteiger partial charge on any atom is 0.413 e. The molecule has 0 radical (unpaired) electrons. The molecule has 0 unspecified atom stereocenters. The summed E-state index contributed by atoms with van der Waals surface area (Å²) in [6.45, 7) is 6.96. The van der Waals surface area contributed by atoms with Crippen LogP contribution < -0.4 is 15.0 Å². The zero-order valence-electron chi connectivity index (χ0n) is 27.4. The van der Waals surface area contributed by atoms with E-state index in [0.717, 1.165) is 43.6 Å². The molecule has 3 fully saturated rings. The van der Waals surface area contributed by atoms with E-state index in [1.54, 1.807) is 25.7 Å². The van der Waals surface area contributed by atoms with E-state index in [0.29, 0.717) is 31.7 Å². The van der Waals surface area contributed by atoms with E-state index in [-0.39, 0.29) is 67.3 Å². The van der Waals surface area contributed by atoms with E-state index in [1.165, 1.54) is 18.2 Å². The summed E-state index contributed by atoms with van der Waals surface area (Å²) in [5.74, 6) is -1.09. The van der Waals surface area contributed by atoms with Gasteiger partial charge in [0.1, 0.15) is 35.5 Å². The second kappa shape index (κ2) is 12.9. The highest BCUT2D eigenvalue weighted by Crippen LogP contribution is 2.44. The van der Waals surface area contributed by atoms with Crippen LogP contribution in [0, 0.1) is 11.6 Å². The molecule has 1 amide bonds. The Morgan fingerprint density at radius 2 is 1.96 bits per heavy atom. The fourth-order valence-electron chi connectivity index (χ4n) is 7.16. The van der Waals surface area contributed by atoms with E-state index in [2.05, 4.69) is 25.2 Å². The summed E-state index contributed by atoms with van der Waals surface area (Å²) in [5.41, 5.74) is -1.18. The first-order valence-corrected chi connectivity index (χ1v) is 17.6. The number of ketones is 1. The molecule has 0 aliphatic carbocycles. The Hall–Kier alpha value is -3.75. The van der Waals surface area contributed by atoms with Crippen LogP contribution in [0.5, 0.6) is 6.01 Å². The zero-order chi connectivity index (χ0) is 34.7. The van der Waals surface area contributed by atoms with Gasteiger partial charge in [-0.2, -0.15) is 9.97 Å². The topological polar surface area (TPSA) is 110 Å². The van der Waals surface area contributed by atoms with Gasteiger partial charge in [0.05, 0.1) is 27.3 Å². The first-order valence-electron chi connectivity index (χ1n) is 16.4. The summed E-state index contributed by atoms with van der Waals surface area (Å²) in [7, 11) is 0. The van der Waals surface area contributed by atoms with Crippen LogP contribution >= 0.6 is 22.9 Å². The number of fused-ring (bicyclic) bond motifs is 3. The predicted molar refractivity (Wildman–Crippen MR) is 183 cm³/mol. The van der Waals surface area contributed by atoms with Crippen LogP contribution in [0.4, 0.5) is 28.9 Å². The molecule has 0 spiro atoms. The molecule has 0 bridgehead atoms. The van der Waals surface area contributed by atoms with Gasteiger partial charge in [-0.25, -0.2) is 22.9 Å². The number of anilines is 2. The Labute approximate surface area is 289 Å². The monoisotopic (exact) mass is 716 g/mol. The number of nitrogens with zero attached hydrogens (tertiary/aromatic N) is 5. The number of ether oxygens (including phenoxy) is 2. The molecule has 260 valence electrons. The van der Waals surface area contributed by atoms with Gasteiger partial charge in [-0.3, -0.25) is 15.0 Å². The summed E-state index contributed by atoms with van der Waals surface area (Å²) in [5, 5.41) is 2.85. The van der Waals surface area contributed by atoms with Crippen LogP contribution in [0.15, 0.2) is 18.2 Å². The SMILES string of the molecule is CC(C)(C)OC(=O)Nc1nc2c(-c3c(Cl)cc4c(N5CCCCC(=O)C5)nc(OC[C@@]56CCCN5C[C@H](F)C6)nc4c3F)ccc(F)c2s1.